The maximum absolute atomic E-state index is 14.5. The van der Waals surface area contributed by atoms with Crippen molar-refractivity contribution < 1.29 is 13.6 Å². The van der Waals surface area contributed by atoms with E-state index in [1.807, 2.05) is 0 Å². The van der Waals surface area contributed by atoms with Crippen molar-refractivity contribution in [2.75, 3.05) is 5.32 Å². The van der Waals surface area contributed by atoms with Crippen LogP contribution in [0.1, 0.15) is 44.0 Å². The van der Waals surface area contributed by atoms with E-state index in [-0.39, 0.29) is 18.1 Å². The standard InChI is InChI=1S/C28H25F2N7O/c1-28(2)11-18(12-28)25-35-24-26(31-15-32-27(24)36-25)34-23(38)9-16-7-17(10-21(30)8-16)19-13-33-37(14-19)22-5-3-20(29)4-6-22/h3-8,10,13-15,18H,9,11-12H2,1-2H3,(H2,31,32,34,35,36,38). The molecule has 3 heterocycles. The van der Waals surface area contributed by atoms with Gasteiger partial charge in [-0.25, -0.2) is 28.4 Å². The molecule has 0 saturated heterocycles. The van der Waals surface area contributed by atoms with Gasteiger partial charge in [-0.15, -0.1) is 0 Å². The summed E-state index contributed by atoms with van der Waals surface area (Å²) in [6.07, 6.45) is 6.70. The molecule has 0 aliphatic heterocycles. The number of rotatable bonds is 6. The van der Waals surface area contributed by atoms with E-state index in [0.717, 1.165) is 18.7 Å². The lowest BCUT2D eigenvalue weighted by molar-refractivity contribution is -0.115. The van der Waals surface area contributed by atoms with Gasteiger partial charge in [0, 0.05) is 17.7 Å². The Balaban J connectivity index is 1.19. The predicted octanol–water partition coefficient (Wildman–Crippen LogP) is 5.57. The van der Waals surface area contributed by atoms with Gasteiger partial charge in [0.1, 0.15) is 29.3 Å². The summed E-state index contributed by atoms with van der Waals surface area (Å²) in [5, 5.41) is 7.11. The fourth-order valence-electron chi connectivity index (χ4n) is 5.09. The number of fused-ring (bicyclic) bond motifs is 1. The maximum Gasteiger partial charge on any atom is 0.230 e. The Morgan fingerprint density at radius 2 is 1.87 bits per heavy atom. The second kappa shape index (κ2) is 9.13. The van der Waals surface area contributed by atoms with Crippen LogP contribution in [-0.4, -0.2) is 35.6 Å². The van der Waals surface area contributed by atoms with Crippen molar-refractivity contribution in [2.45, 2.75) is 39.0 Å². The van der Waals surface area contributed by atoms with Gasteiger partial charge in [-0.3, -0.25) is 4.79 Å². The van der Waals surface area contributed by atoms with Crippen molar-refractivity contribution in [3.05, 3.63) is 84.2 Å². The summed E-state index contributed by atoms with van der Waals surface area (Å²) in [7, 11) is 0. The lowest BCUT2D eigenvalue weighted by Gasteiger charge is -2.41. The molecule has 5 aromatic rings. The number of carbonyl (C=O) groups excluding carboxylic acids is 1. The SMILES string of the molecule is CC1(C)CC(c2nc3ncnc(NC(=O)Cc4cc(F)cc(-c5cnn(-c6ccc(F)cc6)c5)c4)c3[nH]2)C1. The number of carbonyl (C=O) groups is 1. The molecule has 1 saturated carbocycles. The molecule has 10 heteroatoms. The van der Waals surface area contributed by atoms with E-state index < -0.39 is 5.82 Å². The quantitative estimate of drug-likeness (QED) is 0.309. The number of nitrogens with one attached hydrogen (secondary N) is 2. The van der Waals surface area contributed by atoms with Gasteiger partial charge in [0.05, 0.1) is 18.3 Å². The minimum atomic E-state index is -0.467. The van der Waals surface area contributed by atoms with Crippen LogP contribution < -0.4 is 5.32 Å². The normalized spacial score (nSPS) is 14.9. The molecule has 1 fully saturated rings. The minimum Gasteiger partial charge on any atom is -0.337 e. The predicted molar refractivity (Wildman–Crippen MR) is 139 cm³/mol. The second-order valence-corrected chi connectivity index (χ2v) is 10.5. The van der Waals surface area contributed by atoms with Gasteiger partial charge in [0.25, 0.3) is 0 Å². The third-order valence-corrected chi connectivity index (χ3v) is 6.88. The van der Waals surface area contributed by atoms with Crippen molar-refractivity contribution in [3.8, 4) is 16.8 Å². The van der Waals surface area contributed by atoms with Crippen molar-refractivity contribution in [3.63, 3.8) is 0 Å². The van der Waals surface area contributed by atoms with Crippen LogP contribution in [0, 0.1) is 17.0 Å². The van der Waals surface area contributed by atoms with E-state index in [2.05, 4.69) is 44.2 Å². The summed E-state index contributed by atoms with van der Waals surface area (Å²) in [6.45, 7) is 4.46. The molecule has 3 aromatic heterocycles. The molecule has 2 N–H and O–H groups in total. The molecule has 0 unspecified atom stereocenters. The molecule has 192 valence electrons. The first-order chi connectivity index (χ1) is 18.2. The topological polar surface area (TPSA) is 101 Å². The Kier molecular flexibility index (Phi) is 5.74. The number of hydrogen-bond acceptors (Lipinski definition) is 5. The highest BCUT2D eigenvalue weighted by atomic mass is 19.1. The largest absolute Gasteiger partial charge is 0.337 e. The van der Waals surface area contributed by atoms with Gasteiger partial charge >= 0.3 is 0 Å². The summed E-state index contributed by atoms with van der Waals surface area (Å²) in [4.78, 5) is 29.3. The zero-order valence-electron chi connectivity index (χ0n) is 20.9. The van der Waals surface area contributed by atoms with Crippen molar-refractivity contribution in [1.29, 1.82) is 0 Å². The number of nitrogens with zero attached hydrogens (tertiary/aromatic N) is 5. The van der Waals surface area contributed by atoms with Crippen LogP contribution in [0.5, 0.6) is 0 Å². The molecule has 6 rings (SSSR count). The third kappa shape index (κ3) is 4.77. The first-order valence-electron chi connectivity index (χ1n) is 12.3. The summed E-state index contributed by atoms with van der Waals surface area (Å²) < 4.78 is 29.3. The molecule has 1 amide bonds. The summed E-state index contributed by atoms with van der Waals surface area (Å²) >= 11 is 0. The monoisotopic (exact) mass is 513 g/mol. The Morgan fingerprint density at radius 3 is 2.63 bits per heavy atom. The highest BCUT2D eigenvalue weighted by Crippen LogP contribution is 2.49. The fraction of sp³-hybridized carbons (Fsp3) is 0.250. The molecule has 0 atom stereocenters. The lowest BCUT2D eigenvalue weighted by Crippen LogP contribution is -2.30. The van der Waals surface area contributed by atoms with Gasteiger partial charge in [-0.2, -0.15) is 5.10 Å². The van der Waals surface area contributed by atoms with Crippen LogP contribution in [0.3, 0.4) is 0 Å². The van der Waals surface area contributed by atoms with Gasteiger partial charge in [-0.05, 0) is 65.8 Å². The van der Waals surface area contributed by atoms with Crippen LogP contribution in [0.25, 0.3) is 28.0 Å². The molecule has 1 aliphatic rings. The zero-order chi connectivity index (χ0) is 26.4. The number of H-pyrrole nitrogens is 1. The maximum atomic E-state index is 14.5. The van der Waals surface area contributed by atoms with E-state index in [9.17, 15) is 13.6 Å². The number of hydrogen-bond donors (Lipinski definition) is 2. The van der Waals surface area contributed by atoms with E-state index in [1.165, 1.54) is 30.6 Å². The van der Waals surface area contributed by atoms with Crippen molar-refractivity contribution >= 4 is 22.9 Å². The third-order valence-electron chi connectivity index (χ3n) is 6.88. The molecule has 2 aromatic carbocycles. The Morgan fingerprint density at radius 1 is 1.08 bits per heavy atom. The van der Waals surface area contributed by atoms with Gasteiger partial charge in [-0.1, -0.05) is 19.9 Å². The number of benzene rings is 2. The highest BCUT2D eigenvalue weighted by Gasteiger charge is 2.38. The van der Waals surface area contributed by atoms with E-state index in [1.54, 1.807) is 35.3 Å². The Labute approximate surface area is 217 Å². The molecule has 0 radical (unpaired) electrons. The van der Waals surface area contributed by atoms with E-state index in [4.69, 9.17) is 0 Å². The number of amides is 1. The van der Waals surface area contributed by atoms with Crippen LogP contribution >= 0.6 is 0 Å². The zero-order valence-corrected chi connectivity index (χ0v) is 20.9. The van der Waals surface area contributed by atoms with Crippen LogP contribution in [-0.2, 0) is 11.2 Å². The Hall–Kier alpha value is -4.47. The van der Waals surface area contributed by atoms with Crippen LogP contribution in [0.4, 0.5) is 14.6 Å². The molecule has 0 bridgehead atoms. The summed E-state index contributed by atoms with van der Waals surface area (Å²) in [6, 6.07) is 10.4. The number of imidazole rings is 1. The van der Waals surface area contributed by atoms with Crippen molar-refractivity contribution in [1.82, 2.24) is 29.7 Å². The molecule has 38 heavy (non-hydrogen) atoms. The number of anilines is 1. The first-order valence-corrected chi connectivity index (χ1v) is 12.3. The van der Waals surface area contributed by atoms with Crippen molar-refractivity contribution in [2.24, 2.45) is 5.41 Å². The molecule has 1 aliphatic carbocycles. The average molecular weight is 514 g/mol. The Bertz CT molecular complexity index is 1650. The molecule has 0 spiro atoms. The lowest BCUT2D eigenvalue weighted by atomic mass is 9.64. The summed E-state index contributed by atoms with van der Waals surface area (Å²) in [5.41, 5.74) is 3.79. The van der Waals surface area contributed by atoms with Gasteiger partial charge in [0.2, 0.25) is 5.91 Å². The second-order valence-electron chi connectivity index (χ2n) is 10.5. The van der Waals surface area contributed by atoms with Gasteiger partial charge in [0.15, 0.2) is 11.5 Å². The number of aromatic nitrogens is 6. The number of aromatic amines is 1. The average Bonchev–Trinajstić information content (AvgIpc) is 3.51. The highest BCUT2D eigenvalue weighted by molar-refractivity contribution is 5.97. The molecular weight excluding hydrogens is 488 g/mol. The van der Waals surface area contributed by atoms with E-state index in [0.29, 0.717) is 50.7 Å². The first kappa shape index (κ1) is 23.9. The smallest absolute Gasteiger partial charge is 0.230 e. The molecular formula is C28H25F2N7O. The van der Waals surface area contributed by atoms with Gasteiger partial charge < -0.3 is 10.3 Å². The van der Waals surface area contributed by atoms with E-state index >= 15 is 0 Å². The number of halogens is 2. The minimum absolute atomic E-state index is 0.0554. The van der Waals surface area contributed by atoms with Crippen LogP contribution in [0.15, 0.2) is 61.2 Å². The fourth-order valence-corrected chi connectivity index (χ4v) is 5.09. The summed E-state index contributed by atoms with van der Waals surface area (Å²) in [5.74, 6) is 0.379. The molecule has 8 nitrogen and oxygen atoms in total. The van der Waals surface area contributed by atoms with Crippen LogP contribution in [0.2, 0.25) is 0 Å².